The van der Waals surface area contributed by atoms with Crippen LogP contribution in [-0.4, -0.2) is 49.5 Å². The van der Waals surface area contributed by atoms with Crippen LogP contribution in [0.1, 0.15) is 64.7 Å². The summed E-state index contributed by atoms with van der Waals surface area (Å²) in [6, 6.07) is -2.93. The van der Waals surface area contributed by atoms with Crippen molar-refractivity contribution in [2.75, 3.05) is 0 Å². The third-order valence-corrected chi connectivity index (χ3v) is 40.7. The Morgan fingerprint density at radius 2 is 1.52 bits per heavy atom. The maximum absolute atomic E-state index is 7.35. The first-order chi connectivity index (χ1) is 13.3. The first kappa shape index (κ1) is 26.1. The minimum absolute atomic E-state index is 0.0635. The van der Waals surface area contributed by atoms with Gasteiger partial charge in [0.25, 0.3) is 0 Å². The summed E-state index contributed by atoms with van der Waals surface area (Å²) >= 11 is 17.0. The topological polar surface area (TPSA) is 0 Å². The van der Waals surface area contributed by atoms with Gasteiger partial charge in [-0.15, -0.1) is 0 Å². The molecule has 2 saturated heterocycles. The van der Waals surface area contributed by atoms with Crippen LogP contribution in [-0.2, 0) is 0 Å². The summed E-state index contributed by atoms with van der Waals surface area (Å²) in [7, 11) is 0. The molecule has 3 aliphatic heterocycles. The average Bonchev–Trinajstić information content (AvgIpc) is 2.62. The van der Waals surface area contributed by atoms with E-state index in [9.17, 15) is 0 Å². The van der Waals surface area contributed by atoms with Gasteiger partial charge in [-0.25, -0.2) is 0 Å². The van der Waals surface area contributed by atoms with E-state index in [0.717, 1.165) is 11.7 Å². The van der Waals surface area contributed by atoms with Gasteiger partial charge in [-0.2, -0.15) is 0 Å². The quantitative estimate of drug-likeness (QED) is 0.193. The zero-order valence-corrected chi connectivity index (χ0v) is 28.8. The van der Waals surface area contributed by atoms with E-state index in [1.807, 2.05) is 9.06 Å². The second-order valence-corrected chi connectivity index (χ2v) is 51.9. The van der Waals surface area contributed by atoms with E-state index in [1.54, 1.807) is 0 Å². The number of halogens is 3. The molecule has 0 saturated carbocycles. The Labute approximate surface area is 204 Å². The van der Waals surface area contributed by atoms with E-state index in [2.05, 4.69) is 36.6 Å². The van der Waals surface area contributed by atoms with Crippen molar-refractivity contribution in [1.82, 2.24) is 0 Å². The van der Waals surface area contributed by atoms with E-state index in [1.165, 1.54) is 57.8 Å². The zero-order chi connectivity index (χ0) is 21.8. The molecule has 0 unspecified atom stereocenters. The van der Waals surface area contributed by atoms with E-state index in [-0.39, 0.29) is 2.95 Å². The molecule has 29 heavy (non-hydrogen) atoms. The van der Waals surface area contributed by atoms with Crippen LogP contribution in [0, 0.1) is 11.8 Å². The molecule has 3 heterocycles. The Morgan fingerprint density at radius 1 is 0.966 bits per heavy atom. The summed E-state index contributed by atoms with van der Waals surface area (Å²) in [5, 5.41) is 0. The molecule has 2 bridgehead atoms. The second-order valence-electron chi connectivity index (χ2n) is 12.2. The fourth-order valence-electron chi connectivity index (χ4n) is 7.87. The summed E-state index contributed by atoms with van der Waals surface area (Å²) in [4.78, 5) is 15.9. The van der Waals surface area contributed by atoms with E-state index in [4.69, 9.17) is 33.2 Å². The third kappa shape index (κ3) is 4.46. The molecule has 3 rings (SSSR count). The summed E-state index contributed by atoms with van der Waals surface area (Å²) in [6.07, 6.45) is 12.2. The van der Waals surface area contributed by atoms with Crippen molar-refractivity contribution in [2.45, 2.75) is 103 Å². The van der Waals surface area contributed by atoms with Gasteiger partial charge in [-0.05, 0) is 0 Å². The van der Waals surface area contributed by atoms with Crippen molar-refractivity contribution in [2.24, 2.45) is 11.8 Å². The van der Waals surface area contributed by atoms with Crippen LogP contribution in [0.4, 0.5) is 0 Å². The molecule has 3 aliphatic rings. The van der Waals surface area contributed by atoms with Crippen LogP contribution in [0.3, 0.4) is 0 Å². The summed E-state index contributed by atoms with van der Waals surface area (Å²) < 4.78 is 2.04. The maximum atomic E-state index is 7.35. The van der Waals surface area contributed by atoms with Gasteiger partial charge in [-0.3, -0.25) is 0 Å². The predicted molar refractivity (Wildman–Crippen MR) is 143 cm³/mol. The number of hydrogen-bond donors (Lipinski definition) is 0. The summed E-state index contributed by atoms with van der Waals surface area (Å²) in [6.45, 7) is 2.96. The van der Waals surface area contributed by atoms with Crippen molar-refractivity contribution in [3.8, 4) is 0 Å². The molecule has 0 aromatic carbocycles. The Balaban J connectivity index is 2.39. The molecule has 0 aliphatic carbocycles. The van der Waals surface area contributed by atoms with Gasteiger partial charge < -0.3 is 0 Å². The molecule has 0 radical (unpaired) electrons. The monoisotopic (exact) mass is 690 g/mol. The van der Waals surface area contributed by atoms with Gasteiger partial charge in [-0.1, -0.05) is 0 Å². The predicted octanol–water partition coefficient (Wildman–Crippen LogP) is 9.18. The first-order valence-electron chi connectivity index (χ1n) is 12.1. The van der Waals surface area contributed by atoms with Gasteiger partial charge in [0.1, 0.15) is 0 Å². The zero-order valence-electron chi connectivity index (χ0n) is 19.8. The molecule has 0 aromatic rings. The Hall–Kier alpha value is 2.49. The SMILES string of the molecule is CCCC[C@@H]1[C]([Sn]([CH3])([CH3])[CH3])=C2B(C3CCCC2CCC3)[C@@]1([Si](Cl)(Cl)Cl)[Sn]([CH3])([CH3])[CH3]. The van der Waals surface area contributed by atoms with Crippen molar-refractivity contribution in [3.63, 3.8) is 0 Å². The number of unbranched alkanes of at least 4 members (excludes halogenated alkanes) is 1. The van der Waals surface area contributed by atoms with Crippen LogP contribution in [0.2, 0.25) is 38.4 Å². The molecule has 0 spiro atoms. The second kappa shape index (κ2) is 9.27. The molecule has 2 atom stereocenters. The molecule has 0 aromatic heterocycles. The third-order valence-electron chi connectivity index (χ3n) is 8.57. The van der Waals surface area contributed by atoms with Crippen LogP contribution >= 0.6 is 33.2 Å². The first-order valence-corrected chi connectivity index (χ1v) is 37.1. The fraction of sp³-hybridized carbons (Fsp3) is 0.909. The van der Waals surface area contributed by atoms with Crippen LogP contribution < -0.4 is 0 Å². The van der Waals surface area contributed by atoms with Crippen molar-refractivity contribution < 1.29 is 0 Å². The van der Waals surface area contributed by atoms with Crippen molar-refractivity contribution in [3.05, 3.63) is 9.06 Å². The standard InChI is InChI=1S/C16H24BCl3Si.6CH3.2Sn/c1-2-3-6-13-11-15-12-7-4-9-14(10-5-8-12)17(15)16(13)21(18,19)20;;;;;;;;/h12-14H,2-10H2,1H3;6*1H3;;/t12?,13-,14?;;;;;;;;/m1......../s1. The Kier molecular flexibility index (Phi) is 8.34. The normalized spacial score (nSPS) is 33.7. The van der Waals surface area contributed by atoms with Crippen molar-refractivity contribution in [1.29, 1.82) is 0 Å². The average molecular weight is 689 g/mol. The molecule has 7 heteroatoms. The fourth-order valence-corrected chi connectivity index (χ4v) is 53.5. The molecular formula is C22H42BCl3SiSn2. The molecule has 0 N–H and O–H groups in total. The number of rotatable bonds is 6. The minimum atomic E-state index is -2.93. The number of allylic oxidation sites excluding steroid dienone is 2. The molecule has 0 amide bonds. The van der Waals surface area contributed by atoms with Gasteiger partial charge >= 0.3 is 207 Å². The van der Waals surface area contributed by atoms with E-state index in [0.29, 0.717) is 12.6 Å². The molecule has 0 nitrogen and oxygen atoms in total. The summed E-state index contributed by atoms with van der Waals surface area (Å²) in [5.41, 5.74) is 1.93. The molecule has 2 fully saturated rings. The Bertz CT molecular complexity index is 624. The number of hydrogen-bond acceptors (Lipinski definition) is 0. The Morgan fingerprint density at radius 3 is 1.93 bits per heavy atom. The van der Waals surface area contributed by atoms with Crippen molar-refractivity contribution >= 4 is 82.7 Å². The van der Waals surface area contributed by atoms with Crippen LogP contribution in [0.5, 0.6) is 0 Å². The van der Waals surface area contributed by atoms with Crippen LogP contribution in [0.15, 0.2) is 9.06 Å². The molecule has 166 valence electrons. The van der Waals surface area contributed by atoms with Crippen LogP contribution in [0.25, 0.3) is 0 Å². The summed E-state index contributed by atoms with van der Waals surface area (Å²) in [5.74, 6) is 2.20. The molecular weight excluding hydrogens is 647 g/mol. The van der Waals surface area contributed by atoms with Gasteiger partial charge in [0.15, 0.2) is 0 Å². The van der Waals surface area contributed by atoms with Gasteiger partial charge in [0, 0.05) is 0 Å². The van der Waals surface area contributed by atoms with E-state index >= 15 is 0 Å². The van der Waals surface area contributed by atoms with E-state index < -0.39 is 42.8 Å². The van der Waals surface area contributed by atoms with Gasteiger partial charge in [0.05, 0.1) is 0 Å². The van der Waals surface area contributed by atoms with Gasteiger partial charge in [0.2, 0.25) is 0 Å².